The smallest absolute Gasteiger partial charge is 0.354 e. The van der Waals surface area contributed by atoms with Crippen molar-refractivity contribution in [3.05, 3.63) is 33.7 Å². The van der Waals surface area contributed by atoms with E-state index in [1.807, 2.05) is 0 Å². The molecule has 0 amide bonds. The number of esters is 1. The highest BCUT2D eigenvalue weighted by Gasteiger charge is 2.08. The van der Waals surface area contributed by atoms with Gasteiger partial charge in [0.05, 0.1) is 13.2 Å². The summed E-state index contributed by atoms with van der Waals surface area (Å²) in [4.78, 5) is 24.8. The van der Waals surface area contributed by atoms with E-state index in [9.17, 15) is 9.59 Å². The fourth-order valence-electron chi connectivity index (χ4n) is 1.00. The van der Waals surface area contributed by atoms with Crippen LogP contribution in [0.4, 0.5) is 0 Å². The van der Waals surface area contributed by atoms with Crippen LogP contribution in [0.25, 0.3) is 0 Å². The molecule has 5 nitrogen and oxygen atoms in total. The van der Waals surface area contributed by atoms with Crippen LogP contribution in [0.2, 0.25) is 0 Å². The van der Waals surface area contributed by atoms with Gasteiger partial charge in [-0.05, 0) is 6.92 Å². The molecular formula is C9H11NO4. The maximum atomic E-state index is 11.2. The number of H-pyrrole nitrogens is 1. The normalized spacial score (nSPS) is 9.86. The molecule has 1 heterocycles. The van der Waals surface area contributed by atoms with Crippen molar-refractivity contribution in [1.82, 2.24) is 4.98 Å². The van der Waals surface area contributed by atoms with Crippen molar-refractivity contribution < 1.29 is 14.6 Å². The highest BCUT2D eigenvalue weighted by molar-refractivity contribution is 5.87. The average Bonchev–Trinajstić information content (AvgIpc) is 2.17. The van der Waals surface area contributed by atoms with Crippen molar-refractivity contribution in [1.29, 1.82) is 0 Å². The second kappa shape index (κ2) is 4.57. The molecule has 0 bridgehead atoms. The first kappa shape index (κ1) is 10.5. The number of carbonyl (C=O) groups excluding carboxylic acids is 1. The average molecular weight is 197 g/mol. The monoisotopic (exact) mass is 197 g/mol. The quantitative estimate of drug-likeness (QED) is 0.671. The Labute approximate surface area is 80.3 Å². The summed E-state index contributed by atoms with van der Waals surface area (Å²) in [7, 11) is 0. The number of aliphatic hydroxyl groups is 1. The van der Waals surface area contributed by atoms with Crippen LogP contribution in [0, 0.1) is 0 Å². The summed E-state index contributed by atoms with van der Waals surface area (Å²) >= 11 is 0. The number of aromatic amines is 1. The van der Waals surface area contributed by atoms with Crippen molar-refractivity contribution in [2.24, 2.45) is 0 Å². The standard InChI is InChI=1S/C9H11NO4/c1-2-14-9(13)8-4-7(12)3-6(5-11)10-8/h3-4,11H,2,5H2,1H3,(H,10,12). The molecule has 1 rings (SSSR count). The van der Waals surface area contributed by atoms with Crippen LogP contribution in [0.3, 0.4) is 0 Å². The fourth-order valence-corrected chi connectivity index (χ4v) is 1.00. The molecular weight excluding hydrogens is 186 g/mol. The number of ether oxygens (including phenoxy) is 1. The number of hydrogen-bond donors (Lipinski definition) is 2. The molecule has 0 saturated carbocycles. The Balaban J connectivity index is 3.03. The van der Waals surface area contributed by atoms with Crippen LogP contribution in [-0.2, 0) is 11.3 Å². The molecule has 0 fully saturated rings. The van der Waals surface area contributed by atoms with E-state index < -0.39 is 5.97 Å². The van der Waals surface area contributed by atoms with E-state index in [0.717, 1.165) is 6.07 Å². The molecule has 0 aliphatic carbocycles. The molecule has 0 aliphatic rings. The molecule has 2 N–H and O–H groups in total. The van der Waals surface area contributed by atoms with Crippen molar-refractivity contribution in [3.8, 4) is 0 Å². The van der Waals surface area contributed by atoms with Gasteiger partial charge >= 0.3 is 5.97 Å². The summed E-state index contributed by atoms with van der Waals surface area (Å²) in [5, 5.41) is 8.78. The second-order valence-electron chi connectivity index (χ2n) is 2.63. The molecule has 0 unspecified atom stereocenters. The van der Waals surface area contributed by atoms with Gasteiger partial charge in [0.25, 0.3) is 0 Å². The van der Waals surface area contributed by atoms with Crippen LogP contribution < -0.4 is 5.43 Å². The fraction of sp³-hybridized carbons (Fsp3) is 0.333. The number of hydrogen-bond acceptors (Lipinski definition) is 4. The number of aromatic nitrogens is 1. The highest BCUT2D eigenvalue weighted by atomic mass is 16.5. The Morgan fingerprint density at radius 1 is 1.57 bits per heavy atom. The van der Waals surface area contributed by atoms with Gasteiger partial charge in [0, 0.05) is 17.8 Å². The third kappa shape index (κ3) is 2.43. The van der Waals surface area contributed by atoms with Crippen molar-refractivity contribution in [2.45, 2.75) is 13.5 Å². The summed E-state index contributed by atoms with van der Waals surface area (Å²) in [6, 6.07) is 2.36. The van der Waals surface area contributed by atoms with Crippen LogP contribution in [0.15, 0.2) is 16.9 Å². The van der Waals surface area contributed by atoms with Gasteiger partial charge in [0.15, 0.2) is 5.43 Å². The van der Waals surface area contributed by atoms with Crippen LogP contribution in [0.1, 0.15) is 23.1 Å². The Bertz CT molecular complexity index is 383. The maximum Gasteiger partial charge on any atom is 0.354 e. The van der Waals surface area contributed by atoms with Crippen molar-refractivity contribution in [2.75, 3.05) is 6.61 Å². The predicted octanol–water partition coefficient (Wildman–Crippen LogP) is 0.0439. The Kier molecular flexibility index (Phi) is 3.41. The maximum absolute atomic E-state index is 11.2. The third-order valence-corrected chi connectivity index (χ3v) is 1.56. The number of aliphatic hydroxyl groups excluding tert-OH is 1. The molecule has 0 spiro atoms. The summed E-state index contributed by atoms with van der Waals surface area (Å²) in [6.45, 7) is 1.60. The number of nitrogens with one attached hydrogen (secondary N) is 1. The van der Waals surface area contributed by atoms with Gasteiger partial charge in [-0.1, -0.05) is 0 Å². The van der Waals surface area contributed by atoms with Gasteiger partial charge in [-0.3, -0.25) is 4.79 Å². The molecule has 0 atom stereocenters. The minimum Gasteiger partial charge on any atom is -0.461 e. The van der Waals surface area contributed by atoms with Gasteiger partial charge in [0.1, 0.15) is 5.69 Å². The van der Waals surface area contributed by atoms with E-state index in [2.05, 4.69) is 4.98 Å². The van der Waals surface area contributed by atoms with E-state index in [0.29, 0.717) is 5.69 Å². The first-order valence-electron chi connectivity index (χ1n) is 4.18. The summed E-state index contributed by atoms with van der Waals surface area (Å²) in [6.07, 6.45) is 0. The SMILES string of the molecule is CCOC(=O)c1cc(=O)cc(CO)[nH]1. The lowest BCUT2D eigenvalue weighted by molar-refractivity contribution is 0.0518. The largest absolute Gasteiger partial charge is 0.461 e. The van der Waals surface area contributed by atoms with E-state index in [1.54, 1.807) is 6.92 Å². The Morgan fingerprint density at radius 2 is 2.29 bits per heavy atom. The third-order valence-electron chi connectivity index (χ3n) is 1.56. The zero-order chi connectivity index (χ0) is 10.6. The summed E-state index contributed by atoms with van der Waals surface area (Å²) in [5.74, 6) is -0.597. The first-order valence-corrected chi connectivity index (χ1v) is 4.18. The zero-order valence-corrected chi connectivity index (χ0v) is 7.74. The van der Waals surface area contributed by atoms with Crippen molar-refractivity contribution in [3.63, 3.8) is 0 Å². The molecule has 0 aliphatic heterocycles. The van der Waals surface area contributed by atoms with Crippen LogP contribution >= 0.6 is 0 Å². The lowest BCUT2D eigenvalue weighted by Crippen LogP contribution is -2.13. The molecule has 0 aromatic carbocycles. The molecule has 0 radical (unpaired) electrons. The lowest BCUT2D eigenvalue weighted by Gasteiger charge is -2.03. The highest BCUT2D eigenvalue weighted by Crippen LogP contribution is 1.97. The lowest BCUT2D eigenvalue weighted by atomic mass is 10.3. The molecule has 0 saturated heterocycles. The number of pyridine rings is 1. The van der Waals surface area contributed by atoms with Crippen LogP contribution in [0.5, 0.6) is 0 Å². The van der Waals surface area contributed by atoms with E-state index >= 15 is 0 Å². The zero-order valence-electron chi connectivity index (χ0n) is 7.74. The molecule has 14 heavy (non-hydrogen) atoms. The molecule has 5 heteroatoms. The predicted molar refractivity (Wildman–Crippen MR) is 48.9 cm³/mol. The molecule has 1 aromatic rings. The van der Waals surface area contributed by atoms with Gasteiger partial charge in [-0.15, -0.1) is 0 Å². The minimum atomic E-state index is -0.597. The number of rotatable bonds is 3. The minimum absolute atomic E-state index is 0.0587. The Morgan fingerprint density at radius 3 is 2.86 bits per heavy atom. The van der Waals surface area contributed by atoms with Gasteiger partial charge in [-0.2, -0.15) is 0 Å². The summed E-state index contributed by atoms with van der Waals surface area (Å²) in [5.41, 5.74) is 0.0137. The van der Waals surface area contributed by atoms with E-state index in [-0.39, 0.29) is 24.3 Å². The van der Waals surface area contributed by atoms with Crippen LogP contribution in [-0.4, -0.2) is 22.7 Å². The van der Waals surface area contributed by atoms with E-state index in [4.69, 9.17) is 9.84 Å². The topological polar surface area (TPSA) is 79.4 Å². The Hall–Kier alpha value is -1.62. The number of carbonyl (C=O) groups is 1. The molecule has 1 aromatic heterocycles. The summed E-state index contributed by atoms with van der Waals surface area (Å²) < 4.78 is 4.69. The second-order valence-corrected chi connectivity index (χ2v) is 2.63. The molecule has 76 valence electrons. The first-order chi connectivity index (χ1) is 6.67. The van der Waals surface area contributed by atoms with Gasteiger partial charge < -0.3 is 14.8 Å². The van der Waals surface area contributed by atoms with E-state index in [1.165, 1.54) is 6.07 Å². The van der Waals surface area contributed by atoms with Gasteiger partial charge in [0.2, 0.25) is 0 Å². The van der Waals surface area contributed by atoms with Gasteiger partial charge in [-0.25, -0.2) is 4.79 Å². The van der Waals surface area contributed by atoms with Crippen molar-refractivity contribution >= 4 is 5.97 Å².